The van der Waals surface area contributed by atoms with Crippen molar-refractivity contribution in [2.24, 2.45) is 4.99 Å². The number of benzene rings is 2. The summed E-state index contributed by atoms with van der Waals surface area (Å²) in [6.45, 7) is 6.13. The molecule has 0 atom stereocenters. The first-order chi connectivity index (χ1) is 13.2. The Morgan fingerprint density at radius 3 is 2.46 bits per heavy atom. The number of nitrogens with zero attached hydrogens (tertiary/aromatic N) is 2. The molecule has 28 heavy (non-hydrogen) atoms. The van der Waals surface area contributed by atoms with Crippen molar-refractivity contribution in [3.8, 4) is 0 Å². The summed E-state index contributed by atoms with van der Waals surface area (Å²) in [5.74, 6) is 0.586. The van der Waals surface area contributed by atoms with Crippen LogP contribution in [0.5, 0.6) is 0 Å². The molecule has 0 aliphatic carbocycles. The first kappa shape index (κ1) is 22.2. The van der Waals surface area contributed by atoms with Gasteiger partial charge in [-0.3, -0.25) is 0 Å². The van der Waals surface area contributed by atoms with Crippen molar-refractivity contribution in [2.75, 3.05) is 31.1 Å². The lowest BCUT2D eigenvalue weighted by Crippen LogP contribution is -2.38. The second-order valence-corrected chi connectivity index (χ2v) is 6.54. The van der Waals surface area contributed by atoms with Crippen LogP contribution < -0.4 is 15.5 Å². The van der Waals surface area contributed by atoms with Crippen LogP contribution in [0, 0.1) is 5.82 Å². The predicted octanol–water partition coefficient (Wildman–Crippen LogP) is 4.12. The third-order valence-corrected chi connectivity index (χ3v) is 4.48. The molecule has 0 aromatic heterocycles. The molecule has 150 valence electrons. The van der Waals surface area contributed by atoms with Crippen LogP contribution in [0.25, 0.3) is 0 Å². The van der Waals surface area contributed by atoms with Gasteiger partial charge in [0.15, 0.2) is 5.96 Å². The van der Waals surface area contributed by atoms with Gasteiger partial charge in [-0.05, 0) is 48.7 Å². The minimum atomic E-state index is -0.193. The zero-order valence-electron chi connectivity index (χ0n) is 16.2. The molecule has 2 aromatic carbocycles. The SMILES string of the molecule is CCNC(=NCc1ccc(N2CC=CC2)cc1)NCCc1cccc(F)c1.I. The Morgan fingerprint density at radius 2 is 1.79 bits per heavy atom. The third kappa shape index (κ3) is 6.82. The van der Waals surface area contributed by atoms with Gasteiger partial charge in [-0.25, -0.2) is 9.38 Å². The van der Waals surface area contributed by atoms with Crippen LogP contribution in [0.2, 0.25) is 0 Å². The van der Waals surface area contributed by atoms with Crippen LogP contribution in [0.15, 0.2) is 65.7 Å². The highest BCUT2D eigenvalue weighted by Gasteiger charge is 2.07. The van der Waals surface area contributed by atoms with E-state index in [4.69, 9.17) is 0 Å². The van der Waals surface area contributed by atoms with Gasteiger partial charge in [-0.15, -0.1) is 24.0 Å². The van der Waals surface area contributed by atoms with E-state index in [0.717, 1.165) is 37.6 Å². The van der Waals surface area contributed by atoms with E-state index in [2.05, 4.69) is 56.9 Å². The van der Waals surface area contributed by atoms with Gasteiger partial charge in [0.25, 0.3) is 0 Å². The summed E-state index contributed by atoms with van der Waals surface area (Å²) in [5.41, 5.74) is 3.39. The van der Waals surface area contributed by atoms with Gasteiger partial charge >= 0.3 is 0 Å². The van der Waals surface area contributed by atoms with E-state index >= 15 is 0 Å². The fraction of sp³-hybridized carbons (Fsp3) is 0.318. The molecule has 0 saturated heterocycles. The smallest absolute Gasteiger partial charge is 0.191 e. The van der Waals surface area contributed by atoms with Crippen molar-refractivity contribution in [1.82, 2.24) is 10.6 Å². The van der Waals surface area contributed by atoms with Crippen LogP contribution in [0.3, 0.4) is 0 Å². The second kappa shape index (κ2) is 11.7. The Bertz CT molecular complexity index is 781. The molecule has 2 N–H and O–H groups in total. The number of guanidine groups is 1. The van der Waals surface area contributed by atoms with Gasteiger partial charge in [-0.1, -0.05) is 36.4 Å². The van der Waals surface area contributed by atoms with E-state index in [1.807, 2.05) is 13.0 Å². The number of aliphatic imine (C=N–C) groups is 1. The van der Waals surface area contributed by atoms with Crippen molar-refractivity contribution in [3.63, 3.8) is 0 Å². The number of nitrogens with one attached hydrogen (secondary N) is 2. The summed E-state index contributed by atoms with van der Waals surface area (Å²) in [7, 11) is 0. The summed E-state index contributed by atoms with van der Waals surface area (Å²) in [6, 6.07) is 15.3. The van der Waals surface area contributed by atoms with Crippen molar-refractivity contribution in [3.05, 3.63) is 77.6 Å². The third-order valence-electron chi connectivity index (χ3n) is 4.48. The highest BCUT2D eigenvalue weighted by atomic mass is 127. The lowest BCUT2D eigenvalue weighted by molar-refractivity contribution is 0.625. The van der Waals surface area contributed by atoms with E-state index in [9.17, 15) is 4.39 Å². The highest BCUT2D eigenvalue weighted by molar-refractivity contribution is 14.0. The average molecular weight is 494 g/mol. The number of hydrogen-bond acceptors (Lipinski definition) is 2. The van der Waals surface area contributed by atoms with E-state index in [1.165, 1.54) is 17.3 Å². The Labute approximate surface area is 184 Å². The molecule has 1 aliphatic heterocycles. The molecule has 0 saturated carbocycles. The van der Waals surface area contributed by atoms with Gasteiger partial charge in [0.2, 0.25) is 0 Å². The lowest BCUT2D eigenvalue weighted by Gasteiger charge is -2.17. The molecule has 1 aliphatic rings. The molecule has 4 nitrogen and oxygen atoms in total. The molecule has 0 spiro atoms. The Balaban J connectivity index is 0.00000280. The van der Waals surface area contributed by atoms with Crippen molar-refractivity contribution in [1.29, 1.82) is 0 Å². The predicted molar refractivity (Wildman–Crippen MR) is 126 cm³/mol. The number of halogens is 2. The second-order valence-electron chi connectivity index (χ2n) is 6.54. The maximum atomic E-state index is 13.2. The topological polar surface area (TPSA) is 39.7 Å². The monoisotopic (exact) mass is 494 g/mol. The fourth-order valence-electron chi connectivity index (χ4n) is 3.03. The first-order valence-corrected chi connectivity index (χ1v) is 9.50. The minimum absolute atomic E-state index is 0. The first-order valence-electron chi connectivity index (χ1n) is 9.50. The van der Waals surface area contributed by atoms with Crippen LogP contribution in [0.4, 0.5) is 10.1 Å². The Kier molecular flexibility index (Phi) is 9.27. The minimum Gasteiger partial charge on any atom is -0.364 e. The molecule has 6 heteroatoms. The number of hydrogen-bond donors (Lipinski definition) is 2. The maximum absolute atomic E-state index is 13.2. The summed E-state index contributed by atoms with van der Waals surface area (Å²) in [6.07, 6.45) is 5.13. The molecule has 0 fully saturated rings. The number of rotatable bonds is 7. The molecular weight excluding hydrogens is 466 g/mol. The number of anilines is 1. The van der Waals surface area contributed by atoms with E-state index in [0.29, 0.717) is 13.1 Å². The van der Waals surface area contributed by atoms with Crippen LogP contribution in [0.1, 0.15) is 18.1 Å². The van der Waals surface area contributed by atoms with Crippen molar-refractivity contribution < 1.29 is 4.39 Å². The molecule has 0 radical (unpaired) electrons. The molecule has 3 rings (SSSR count). The van der Waals surface area contributed by atoms with Gasteiger partial charge in [0.1, 0.15) is 5.82 Å². The Hall–Kier alpha value is -2.09. The molecule has 0 amide bonds. The van der Waals surface area contributed by atoms with E-state index < -0.39 is 0 Å². The molecular formula is C22H28FIN4. The zero-order valence-corrected chi connectivity index (χ0v) is 18.5. The van der Waals surface area contributed by atoms with E-state index in [1.54, 1.807) is 12.1 Å². The molecule has 1 heterocycles. The summed E-state index contributed by atoms with van der Waals surface area (Å²) in [4.78, 5) is 6.98. The summed E-state index contributed by atoms with van der Waals surface area (Å²) in [5, 5.41) is 6.57. The lowest BCUT2D eigenvalue weighted by atomic mass is 10.1. The van der Waals surface area contributed by atoms with E-state index in [-0.39, 0.29) is 29.8 Å². The Morgan fingerprint density at radius 1 is 1.04 bits per heavy atom. The largest absolute Gasteiger partial charge is 0.364 e. The van der Waals surface area contributed by atoms with Crippen molar-refractivity contribution in [2.45, 2.75) is 19.9 Å². The molecule has 0 unspecified atom stereocenters. The van der Waals surface area contributed by atoms with Gasteiger partial charge in [0.05, 0.1) is 6.54 Å². The zero-order chi connectivity index (χ0) is 18.9. The quantitative estimate of drug-likeness (QED) is 0.264. The highest BCUT2D eigenvalue weighted by Crippen LogP contribution is 2.17. The van der Waals surface area contributed by atoms with Crippen molar-refractivity contribution >= 4 is 35.6 Å². The standard InChI is InChI=1S/C22H27FN4.HI/c1-2-24-22(25-13-12-18-6-5-7-20(23)16-18)26-17-19-8-10-21(11-9-19)27-14-3-4-15-27;/h3-11,16H,2,12-15,17H2,1H3,(H2,24,25,26);1H. The molecule has 2 aromatic rings. The van der Waals surface area contributed by atoms with Crippen LogP contribution >= 0.6 is 24.0 Å². The average Bonchev–Trinajstić information content (AvgIpc) is 3.21. The summed E-state index contributed by atoms with van der Waals surface area (Å²) >= 11 is 0. The fourth-order valence-corrected chi connectivity index (χ4v) is 3.03. The summed E-state index contributed by atoms with van der Waals surface area (Å²) < 4.78 is 13.2. The van der Waals surface area contributed by atoms with Gasteiger partial charge in [0, 0.05) is 31.9 Å². The molecule has 0 bridgehead atoms. The van der Waals surface area contributed by atoms with Gasteiger partial charge in [-0.2, -0.15) is 0 Å². The van der Waals surface area contributed by atoms with Crippen LogP contribution in [-0.2, 0) is 13.0 Å². The van der Waals surface area contributed by atoms with Gasteiger partial charge < -0.3 is 15.5 Å². The van der Waals surface area contributed by atoms with Crippen LogP contribution in [-0.4, -0.2) is 32.1 Å². The maximum Gasteiger partial charge on any atom is 0.191 e. The normalized spacial score (nSPS) is 13.4.